The lowest BCUT2D eigenvalue weighted by Gasteiger charge is -2.30. The minimum absolute atomic E-state index is 0.244. The van der Waals surface area contributed by atoms with E-state index in [1.54, 1.807) is 19.1 Å². The Bertz CT molecular complexity index is 682. The van der Waals surface area contributed by atoms with Crippen molar-refractivity contribution >= 4 is 16.6 Å². The first-order valence-electron chi connectivity index (χ1n) is 7.06. The van der Waals surface area contributed by atoms with E-state index in [1.165, 1.54) is 6.07 Å². The summed E-state index contributed by atoms with van der Waals surface area (Å²) in [6.07, 6.45) is -4.73. The van der Waals surface area contributed by atoms with Crippen molar-refractivity contribution < 1.29 is 17.9 Å². The van der Waals surface area contributed by atoms with E-state index in [1.807, 2.05) is 6.07 Å². The number of rotatable bonds is 2. The van der Waals surface area contributed by atoms with Gasteiger partial charge < -0.3 is 15.0 Å². The maximum absolute atomic E-state index is 12.6. The number of nitrogens with zero attached hydrogens (tertiary/aromatic N) is 2. The number of halogens is 3. The Morgan fingerprint density at radius 3 is 2.64 bits per heavy atom. The highest BCUT2D eigenvalue weighted by Gasteiger charge is 2.32. The number of aryl methyl sites for hydroxylation is 1. The van der Waals surface area contributed by atoms with Crippen molar-refractivity contribution in [3.8, 4) is 5.75 Å². The van der Waals surface area contributed by atoms with Crippen molar-refractivity contribution in [3.05, 3.63) is 30.0 Å². The molecule has 2 aromatic rings. The number of nitrogens with one attached hydrogen (secondary N) is 1. The number of benzene rings is 1. The summed E-state index contributed by atoms with van der Waals surface area (Å²) in [5.74, 6) is -0.259. The van der Waals surface area contributed by atoms with Gasteiger partial charge in [-0.05, 0) is 19.1 Å². The molecule has 118 valence electrons. The number of pyridine rings is 1. The second-order valence-corrected chi connectivity index (χ2v) is 5.22. The van der Waals surface area contributed by atoms with Crippen LogP contribution in [0, 0.1) is 6.92 Å². The predicted octanol–water partition coefficient (Wildman–Crippen LogP) is 2.85. The zero-order valence-electron chi connectivity index (χ0n) is 12.1. The van der Waals surface area contributed by atoms with Gasteiger partial charge >= 0.3 is 6.36 Å². The Morgan fingerprint density at radius 1 is 1.23 bits per heavy atom. The largest absolute Gasteiger partial charge is 0.573 e. The Hall–Kier alpha value is -2.02. The molecule has 0 aliphatic carbocycles. The van der Waals surface area contributed by atoms with Crippen LogP contribution in [0.1, 0.15) is 5.69 Å². The Labute approximate surface area is 125 Å². The van der Waals surface area contributed by atoms with Gasteiger partial charge in [-0.2, -0.15) is 0 Å². The van der Waals surface area contributed by atoms with Crippen LogP contribution >= 0.6 is 0 Å². The number of hydrogen-bond donors (Lipinski definition) is 1. The maximum atomic E-state index is 12.6. The first-order valence-corrected chi connectivity index (χ1v) is 7.06. The predicted molar refractivity (Wildman–Crippen MR) is 78.2 cm³/mol. The summed E-state index contributed by atoms with van der Waals surface area (Å²) in [5.41, 5.74) is 1.81. The zero-order valence-corrected chi connectivity index (χ0v) is 12.1. The SMILES string of the molecule is Cc1cc(N2CCNCC2)c2cccc(OC(F)(F)F)c2n1. The van der Waals surface area contributed by atoms with E-state index in [-0.39, 0.29) is 11.3 Å². The molecule has 0 unspecified atom stereocenters. The molecule has 22 heavy (non-hydrogen) atoms. The number of piperazine rings is 1. The molecule has 3 rings (SSSR count). The summed E-state index contributed by atoms with van der Waals surface area (Å²) in [6, 6.07) is 6.54. The Balaban J connectivity index is 2.11. The van der Waals surface area contributed by atoms with Crippen molar-refractivity contribution in [1.29, 1.82) is 0 Å². The van der Waals surface area contributed by atoms with E-state index in [9.17, 15) is 13.2 Å². The molecule has 7 heteroatoms. The molecule has 0 radical (unpaired) electrons. The van der Waals surface area contributed by atoms with Crippen LogP contribution in [0.3, 0.4) is 0 Å². The second-order valence-electron chi connectivity index (χ2n) is 5.22. The van der Waals surface area contributed by atoms with Crippen molar-refractivity contribution in [3.63, 3.8) is 0 Å². The summed E-state index contributed by atoms with van der Waals surface area (Å²) < 4.78 is 41.8. The molecule has 2 heterocycles. The van der Waals surface area contributed by atoms with Gasteiger partial charge in [0, 0.05) is 42.9 Å². The van der Waals surface area contributed by atoms with Crippen molar-refractivity contribution in [2.24, 2.45) is 0 Å². The number of fused-ring (bicyclic) bond motifs is 1. The number of alkyl halides is 3. The molecule has 0 spiro atoms. The van der Waals surface area contributed by atoms with E-state index in [0.29, 0.717) is 11.1 Å². The monoisotopic (exact) mass is 311 g/mol. The summed E-state index contributed by atoms with van der Waals surface area (Å²) in [5, 5.41) is 3.93. The molecule has 0 atom stereocenters. The third kappa shape index (κ3) is 3.09. The minimum Gasteiger partial charge on any atom is -0.403 e. The lowest BCUT2D eigenvalue weighted by atomic mass is 10.1. The normalized spacial score (nSPS) is 16.1. The van der Waals surface area contributed by atoms with Crippen molar-refractivity contribution in [2.45, 2.75) is 13.3 Å². The Kier molecular flexibility index (Phi) is 3.82. The fraction of sp³-hybridized carbons (Fsp3) is 0.400. The number of hydrogen-bond acceptors (Lipinski definition) is 4. The molecule has 1 aromatic carbocycles. The summed E-state index contributed by atoms with van der Waals surface area (Å²) >= 11 is 0. The average molecular weight is 311 g/mol. The summed E-state index contributed by atoms with van der Waals surface area (Å²) in [7, 11) is 0. The highest BCUT2D eigenvalue weighted by Crippen LogP contribution is 2.34. The molecule has 1 N–H and O–H groups in total. The topological polar surface area (TPSA) is 37.4 Å². The lowest BCUT2D eigenvalue weighted by molar-refractivity contribution is -0.274. The van der Waals surface area contributed by atoms with Crippen molar-refractivity contribution in [2.75, 3.05) is 31.1 Å². The molecule has 1 fully saturated rings. The van der Waals surface area contributed by atoms with Gasteiger partial charge in [0.2, 0.25) is 0 Å². The van der Waals surface area contributed by atoms with Crippen LogP contribution in [0.2, 0.25) is 0 Å². The maximum Gasteiger partial charge on any atom is 0.573 e. The van der Waals surface area contributed by atoms with Gasteiger partial charge in [-0.25, -0.2) is 4.98 Å². The lowest BCUT2D eigenvalue weighted by Crippen LogP contribution is -2.43. The molecule has 0 saturated carbocycles. The number of anilines is 1. The van der Waals surface area contributed by atoms with E-state index < -0.39 is 6.36 Å². The van der Waals surface area contributed by atoms with E-state index in [2.05, 4.69) is 19.9 Å². The molecule has 1 saturated heterocycles. The van der Waals surface area contributed by atoms with E-state index in [0.717, 1.165) is 31.9 Å². The first kappa shape index (κ1) is 14.9. The fourth-order valence-electron chi connectivity index (χ4n) is 2.70. The molecule has 1 aromatic heterocycles. The van der Waals surface area contributed by atoms with Crippen LogP contribution in [0.25, 0.3) is 10.9 Å². The highest BCUT2D eigenvalue weighted by molar-refractivity contribution is 5.95. The van der Waals surface area contributed by atoms with Crippen LogP contribution in [-0.2, 0) is 0 Å². The van der Waals surface area contributed by atoms with Gasteiger partial charge in [0.25, 0.3) is 0 Å². The third-order valence-electron chi connectivity index (χ3n) is 3.59. The van der Waals surface area contributed by atoms with Crippen LogP contribution in [0.5, 0.6) is 5.75 Å². The average Bonchev–Trinajstić information content (AvgIpc) is 2.47. The highest BCUT2D eigenvalue weighted by atomic mass is 19.4. The molecule has 1 aliphatic heterocycles. The summed E-state index contributed by atoms with van der Waals surface area (Å²) in [6.45, 7) is 5.09. The molecule has 0 bridgehead atoms. The van der Waals surface area contributed by atoms with E-state index in [4.69, 9.17) is 0 Å². The van der Waals surface area contributed by atoms with Gasteiger partial charge in [-0.15, -0.1) is 13.2 Å². The zero-order chi connectivity index (χ0) is 15.7. The molecular formula is C15H16F3N3O. The van der Waals surface area contributed by atoms with Gasteiger partial charge in [-0.3, -0.25) is 0 Å². The van der Waals surface area contributed by atoms with Gasteiger partial charge in [0.15, 0.2) is 5.75 Å². The smallest absolute Gasteiger partial charge is 0.403 e. The fourth-order valence-corrected chi connectivity index (χ4v) is 2.70. The van der Waals surface area contributed by atoms with E-state index >= 15 is 0 Å². The number of para-hydroxylation sites is 1. The molecule has 4 nitrogen and oxygen atoms in total. The van der Waals surface area contributed by atoms with Gasteiger partial charge in [0.05, 0.1) is 0 Å². The first-order chi connectivity index (χ1) is 10.4. The number of ether oxygens (including phenoxy) is 1. The Morgan fingerprint density at radius 2 is 1.95 bits per heavy atom. The number of aromatic nitrogens is 1. The van der Waals surface area contributed by atoms with Crippen LogP contribution < -0.4 is 15.0 Å². The third-order valence-corrected chi connectivity index (χ3v) is 3.59. The molecule has 0 amide bonds. The van der Waals surface area contributed by atoms with Crippen LogP contribution in [0.15, 0.2) is 24.3 Å². The van der Waals surface area contributed by atoms with Gasteiger partial charge in [-0.1, -0.05) is 12.1 Å². The van der Waals surface area contributed by atoms with Crippen LogP contribution in [-0.4, -0.2) is 37.5 Å². The van der Waals surface area contributed by atoms with Gasteiger partial charge in [0.1, 0.15) is 5.52 Å². The quantitative estimate of drug-likeness (QED) is 0.925. The minimum atomic E-state index is -4.73. The molecular weight excluding hydrogens is 295 g/mol. The van der Waals surface area contributed by atoms with Crippen molar-refractivity contribution in [1.82, 2.24) is 10.3 Å². The molecule has 1 aliphatic rings. The standard InChI is InChI=1S/C15H16F3N3O/c1-10-9-12(21-7-5-19-6-8-21)11-3-2-4-13(14(11)20-10)22-15(16,17)18/h2-4,9,19H,5-8H2,1H3. The second kappa shape index (κ2) is 5.64. The van der Waals surface area contributed by atoms with Crippen LogP contribution in [0.4, 0.5) is 18.9 Å². The summed E-state index contributed by atoms with van der Waals surface area (Å²) in [4.78, 5) is 6.41.